The maximum absolute atomic E-state index is 14.5. The zero-order valence-electron chi connectivity index (χ0n) is 23.3. The number of nitrogens with one attached hydrogen (secondary N) is 1. The van der Waals surface area contributed by atoms with Crippen molar-refractivity contribution in [3.05, 3.63) is 76.6 Å². The van der Waals surface area contributed by atoms with Gasteiger partial charge in [-0.3, -0.25) is 14.4 Å². The Balaban J connectivity index is 1.26. The summed E-state index contributed by atoms with van der Waals surface area (Å²) in [5.41, 5.74) is 1.19. The number of fused-ring (bicyclic) bond motifs is 1. The molecule has 44 heavy (non-hydrogen) atoms. The lowest BCUT2D eigenvalue weighted by molar-refractivity contribution is -0.148. The second kappa shape index (κ2) is 12.7. The molecule has 0 saturated carbocycles. The molecule has 5 rings (SSSR count). The van der Waals surface area contributed by atoms with Crippen LogP contribution >= 0.6 is 0 Å². The van der Waals surface area contributed by atoms with Crippen molar-refractivity contribution in [3.63, 3.8) is 0 Å². The van der Waals surface area contributed by atoms with Crippen LogP contribution in [0.15, 0.2) is 36.4 Å². The number of nitrogens with zero attached hydrogens (tertiary/aromatic N) is 5. The average Bonchev–Trinajstić information content (AvgIpc) is 3.44. The molecule has 1 atom stereocenters. The number of amides is 2. The zero-order chi connectivity index (χ0) is 31.6. The molecule has 2 aromatic carbocycles. The highest BCUT2D eigenvalue weighted by molar-refractivity contribution is 5.82. The van der Waals surface area contributed by atoms with Gasteiger partial charge >= 0.3 is 6.18 Å². The van der Waals surface area contributed by atoms with E-state index >= 15 is 0 Å². The number of rotatable bonds is 8. The number of benzene rings is 2. The number of alkyl halides is 3. The normalized spacial score (nSPS) is 16.4. The average molecular weight is 623 g/mol. The molecule has 1 fully saturated rings. The van der Waals surface area contributed by atoms with Gasteiger partial charge in [0.1, 0.15) is 12.1 Å². The van der Waals surface area contributed by atoms with Crippen LogP contribution in [0, 0.1) is 23.4 Å². The van der Waals surface area contributed by atoms with Crippen LogP contribution in [-0.2, 0) is 35.3 Å². The highest BCUT2D eigenvalue weighted by Gasteiger charge is 2.40. The molecule has 0 bridgehead atoms. The second-order valence-electron chi connectivity index (χ2n) is 10.8. The van der Waals surface area contributed by atoms with Crippen molar-refractivity contribution in [1.82, 2.24) is 25.0 Å². The van der Waals surface area contributed by atoms with Crippen LogP contribution < -0.4 is 10.2 Å². The minimum Gasteiger partial charge on any atom is -0.371 e. The van der Waals surface area contributed by atoms with E-state index < -0.39 is 53.2 Å². The third-order valence-corrected chi connectivity index (χ3v) is 7.94. The topological polar surface area (TPSA) is 100 Å². The van der Waals surface area contributed by atoms with Gasteiger partial charge in [0, 0.05) is 61.9 Å². The number of carbonyl (C=O) groups is 3. The molecule has 2 amide bonds. The Bertz CT molecular complexity index is 1540. The molecular weight excluding hydrogens is 594 g/mol. The largest absolute Gasteiger partial charge is 0.451 e. The predicted molar refractivity (Wildman–Crippen MR) is 144 cm³/mol. The third kappa shape index (κ3) is 6.86. The van der Waals surface area contributed by atoms with E-state index in [2.05, 4.69) is 20.4 Å². The SMILES string of the molecule is O=Cc1ccc(N2CCC(C(=O)N[C@@H](CC(=O)N3CCn4c(nnc4C(F)(F)F)C3)Cc3cc(F)c(F)cc3F)CC2)cc1. The molecule has 0 aliphatic carbocycles. The summed E-state index contributed by atoms with van der Waals surface area (Å²) in [7, 11) is 0. The van der Waals surface area contributed by atoms with Gasteiger partial charge in [0.05, 0.1) is 6.54 Å². The van der Waals surface area contributed by atoms with Crippen LogP contribution in [0.5, 0.6) is 0 Å². The van der Waals surface area contributed by atoms with Crippen LogP contribution in [0.25, 0.3) is 0 Å². The number of anilines is 1. The molecule has 0 spiro atoms. The Kier molecular flexibility index (Phi) is 8.92. The summed E-state index contributed by atoms with van der Waals surface area (Å²) in [4.78, 5) is 40.8. The number of halogens is 6. The molecule has 2 aliphatic rings. The maximum atomic E-state index is 14.5. The van der Waals surface area contributed by atoms with E-state index in [1.807, 2.05) is 12.1 Å². The molecule has 15 heteroatoms. The lowest BCUT2D eigenvalue weighted by Crippen LogP contribution is -2.47. The van der Waals surface area contributed by atoms with E-state index in [9.17, 15) is 40.7 Å². The fourth-order valence-electron chi connectivity index (χ4n) is 5.56. The van der Waals surface area contributed by atoms with E-state index in [-0.39, 0.29) is 43.9 Å². The van der Waals surface area contributed by atoms with E-state index in [0.717, 1.165) is 16.5 Å². The van der Waals surface area contributed by atoms with Crippen molar-refractivity contribution in [2.45, 2.75) is 51.0 Å². The van der Waals surface area contributed by atoms with Crippen molar-refractivity contribution in [2.24, 2.45) is 5.92 Å². The standard InChI is InChI=1S/C29H28F6N6O3/c30-22-14-24(32)23(31)12-19(22)11-20(13-26(43)40-9-10-41-25(15-40)37-38-28(41)29(33,34)35)36-27(44)18-5-7-39(8-6-18)21-3-1-17(16-42)2-4-21/h1-4,12,14,16,18,20H,5-11,13,15H2,(H,36,44)/t20-/m1/s1. The van der Waals surface area contributed by atoms with E-state index in [1.165, 1.54) is 4.90 Å². The Labute approximate surface area is 247 Å². The molecule has 9 nitrogen and oxygen atoms in total. The monoisotopic (exact) mass is 622 g/mol. The molecule has 3 aromatic rings. The van der Waals surface area contributed by atoms with Gasteiger partial charge in [-0.25, -0.2) is 13.2 Å². The van der Waals surface area contributed by atoms with Crippen molar-refractivity contribution in [2.75, 3.05) is 24.5 Å². The molecule has 234 valence electrons. The highest BCUT2D eigenvalue weighted by Crippen LogP contribution is 2.30. The smallest absolute Gasteiger partial charge is 0.371 e. The first kappa shape index (κ1) is 31.0. The number of aldehydes is 1. The second-order valence-corrected chi connectivity index (χ2v) is 10.8. The molecule has 2 aliphatic heterocycles. The molecule has 0 unspecified atom stereocenters. The lowest BCUT2D eigenvalue weighted by Gasteiger charge is -2.34. The van der Waals surface area contributed by atoms with E-state index in [4.69, 9.17) is 0 Å². The quantitative estimate of drug-likeness (QED) is 0.233. The van der Waals surface area contributed by atoms with Gasteiger partial charge in [0.15, 0.2) is 17.5 Å². The van der Waals surface area contributed by atoms with Gasteiger partial charge in [0.25, 0.3) is 0 Å². The number of carbonyl (C=O) groups excluding carboxylic acids is 3. The van der Waals surface area contributed by atoms with Gasteiger partial charge in [0.2, 0.25) is 17.6 Å². The highest BCUT2D eigenvalue weighted by atomic mass is 19.4. The van der Waals surface area contributed by atoms with Crippen LogP contribution in [-0.4, -0.2) is 63.4 Å². The molecule has 1 saturated heterocycles. The van der Waals surface area contributed by atoms with Crippen molar-refractivity contribution >= 4 is 23.8 Å². The molecule has 3 heterocycles. The first-order valence-corrected chi connectivity index (χ1v) is 13.9. The van der Waals surface area contributed by atoms with Gasteiger partial charge < -0.3 is 19.7 Å². The third-order valence-electron chi connectivity index (χ3n) is 7.94. The fourth-order valence-corrected chi connectivity index (χ4v) is 5.56. The Morgan fingerprint density at radius 1 is 0.955 bits per heavy atom. The minimum atomic E-state index is -4.71. The molecular formula is C29H28F6N6O3. The summed E-state index contributed by atoms with van der Waals surface area (Å²) < 4.78 is 82.5. The summed E-state index contributed by atoms with van der Waals surface area (Å²) in [5, 5.41) is 9.53. The predicted octanol–water partition coefficient (Wildman–Crippen LogP) is 3.90. The Morgan fingerprint density at radius 3 is 2.30 bits per heavy atom. The first-order valence-electron chi connectivity index (χ1n) is 13.9. The van der Waals surface area contributed by atoms with Crippen molar-refractivity contribution in [1.29, 1.82) is 0 Å². The van der Waals surface area contributed by atoms with Crippen LogP contribution in [0.2, 0.25) is 0 Å². The summed E-state index contributed by atoms with van der Waals surface area (Å²) in [5.74, 6) is -6.32. The number of hydrogen-bond donors (Lipinski definition) is 1. The van der Waals surface area contributed by atoms with Crippen LogP contribution in [0.1, 0.15) is 46.8 Å². The summed E-state index contributed by atoms with van der Waals surface area (Å²) in [6.07, 6.45) is -3.74. The summed E-state index contributed by atoms with van der Waals surface area (Å²) >= 11 is 0. The van der Waals surface area contributed by atoms with Gasteiger partial charge in [-0.2, -0.15) is 13.2 Å². The van der Waals surface area contributed by atoms with Gasteiger partial charge in [-0.15, -0.1) is 10.2 Å². The Hall–Kier alpha value is -4.43. The number of piperidine rings is 1. The lowest BCUT2D eigenvalue weighted by atomic mass is 9.94. The van der Waals surface area contributed by atoms with Gasteiger partial charge in [-0.05, 0) is 55.2 Å². The summed E-state index contributed by atoms with van der Waals surface area (Å²) in [6.45, 7) is 0.532. The number of aromatic nitrogens is 3. The molecule has 1 aromatic heterocycles. The van der Waals surface area contributed by atoms with Crippen LogP contribution in [0.3, 0.4) is 0 Å². The molecule has 1 N–H and O–H groups in total. The fraction of sp³-hybridized carbons (Fsp3) is 0.414. The van der Waals surface area contributed by atoms with E-state index in [0.29, 0.717) is 43.6 Å². The Morgan fingerprint density at radius 2 is 1.64 bits per heavy atom. The van der Waals surface area contributed by atoms with Crippen molar-refractivity contribution in [3.8, 4) is 0 Å². The van der Waals surface area contributed by atoms with Gasteiger partial charge in [-0.1, -0.05) is 0 Å². The molecule has 0 radical (unpaired) electrons. The summed E-state index contributed by atoms with van der Waals surface area (Å²) in [6, 6.07) is 7.06. The van der Waals surface area contributed by atoms with Crippen LogP contribution in [0.4, 0.5) is 32.0 Å². The zero-order valence-corrected chi connectivity index (χ0v) is 23.3. The number of hydrogen-bond acceptors (Lipinski definition) is 6. The first-order chi connectivity index (χ1) is 20.9. The maximum Gasteiger partial charge on any atom is 0.451 e. The van der Waals surface area contributed by atoms with Crippen molar-refractivity contribution < 1.29 is 40.7 Å². The minimum absolute atomic E-state index is 0.0586. The van der Waals surface area contributed by atoms with E-state index in [1.54, 1.807) is 12.1 Å².